The number of nitrogens with one attached hydrogen (secondary N) is 1. The fourth-order valence-corrected chi connectivity index (χ4v) is 4.68. The van der Waals surface area contributed by atoms with Crippen LogP contribution in [0.3, 0.4) is 0 Å². The van der Waals surface area contributed by atoms with Gasteiger partial charge in [-0.25, -0.2) is 0 Å². The number of rotatable bonds is 9. The molecule has 1 aliphatic rings. The maximum atomic E-state index is 6.01. The third kappa shape index (κ3) is 5.30. The SMILES string of the molecule is COc1ccc(-c2nnc(C[C@@H]3C[C@@H](C(C)C)[C@H](CNCc4ccco4)C=C3C)o2)cc1. The summed E-state index contributed by atoms with van der Waals surface area (Å²) in [6.07, 6.45) is 6.09. The van der Waals surface area contributed by atoms with Gasteiger partial charge in [-0.15, -0.1) is 10.2 Å². The van der Waals surface area contributed by atoms with E-state index in [9.17, 15) is 0 Å². The summed E-state index contributed by atoms with van der Waals surface area (Å²) in [7, 11) is 1.66. The minimum absolute atomic E-state index is 0.424. The molecule has 3 atom stereocenters. The van der Waals surface area contributed by atoms with E-state index in [1.807, 2.05) is 36.4 Å². The Bertz CT molecular complexity index is 1010. The molecule has 0 radical (unpaired) electrons. The van der Waals surface area contributed by atoms with Gasteiger partial charge >= 0.3 is 0 Å². The molecule has 4 rings (SSSR count). The van der Waals surface area contributed by atoms with E-state index in [2.05, 4.69) is 42.4 Å². The number of hydrogen-bond donors (Lipinski definition) is 1. The van der Waals surface area contributed by atoms with Crippen LogP contribution in [0.4, 0.5) is 0 Å². The van der Waals surface area contributed by atoms with Crippen molar-refractivity contribution in [1.82, 2.24) is 15.5 Å². The maximum Gasteiger partial charge on any atom is 0.247 e. The molecule has 0 spiro atoms. The molecule has 3 aromatic rings. The lowest BCUT2D eigenvalue weighted by atomic mass is 9.70. The van der Waals surface area contributed by atoms with Gasteiger partial charge in [-0.3, -0.25) is 0 Å². The van der Waals surface area contributed by atoms with Crippen molar-refractivity contribution >= 4 is 0 Å². The van der Waals surface area contributed by atoms with Gasteiger partial charge in [0.15, 0.2) is 0 Å². The molecular formula is C26H33N3O3. The summed E-state index contributed by atoms with van der Waals surface area (Å²) in [5.74, 6) is 5.19. The van der Waals surface area contributed by atoms with Crippen LogP contribution in [0.2, 0.25) is 0 Å². The van der Waals surface area contributed by atoms with Gasteiger partial charge in [-0.1, -0.05) is 25.5 Å². The monoisotopic (exact) mass is 435 g/mol. The molecule has 6 heteroatoms. The highest BCUT2D eigenvalue weighted by atomic mass is 16.5. The van der Waals surface area contributed by atoms with Crippen LogP contribution in [0.15, 0.2) is 63.1 Å². The van der Waals surface area contributed by atoms with E-state index in [-0.39, 0.29) is 0 Å². The summed E-state index contributed by atoms with van der Waals surface area (Å²) < 4.78 is 16.7. The third-order valence-corrected chi connectivity index (χ3v) is 6.57. The lowest BCUT2D eigenvalue weighted by molar-refractivity contribution is 0.217. The zero-order valence-corrected chi connectivity index (χ0v) is 19.4. The molecule has 0 aliphatic heterocycles. The highest BCUT2D eigenvalue weighted by Gasteiger charge is 2.32. The first-order valence-corrected chi connectivity index (χ1v) is 11.4. The standard InChI is InChI=1S/C26H33N3O3/c1-17(2)24-13-20(18(3)12-21(24)15-27-16-23-6-5-11-31-23)14-25-28-29-26(32-25)19-7-9-22(30-4)10-8-19/h5-12,17,20-21,24,27H,13-16H2,1-4H3/t20-,21-,24-/m0/s1. The summed E-state index contributed by atoms with van der Waals surface area (Å²) in [5.41, 5.74) is 2.32. The molecule has 2 aromatic heterocycles. The van der Waals surface area contributed by atoms with Crippen LogP contribution in [0.25, 0.3) is 11.5 Å². The lowest BCUT2D eigenvalue weighted by Gasteiger charge is -2.37. The Morgan fingerprint density at radius 3 is 2.66 bits per heavy atom. The highest BCUT2D eigenvalue weighted by Crippen LogP contribution is 2.39. The van der Waals surface area contributed by atoms with Gasteiger partial charge < -0.3 is 18.9 Å². The molecule has 0 unspecified atom stereocenters. The molecule has 0 fully saturated rings. The molecule has 32 heavy (non-hydrogen) atoms. The molecule has 6 nitrogen and oxygen atoms in total. The first kappa shape index (κ1) is 22.3. The minimum atomic E-state index is 0.424. The first-order valence-electron chi connectivity index (χ1n) is 11.4. The third-order valence-electron chi connectivity index (χ3n) is 6.57. The number of methoxy groups -OCH3 is 1. The summed E-state index contributed by atoms with van der Waals surface area (Å²) in [6.45, 7) is 8.60. The van der Waals surface area contributed by atoms with Crippen molar-refractivity contribution in [2.75, 3.05) is 13.7 Å². The minimum Gasteiger partial charge on any atom is -0.497 e. The van der Waals surface area contributed by atoms with Crippen LogP contribution in [0.1, 0.15) is 38.8 Å². The Morgan fingerprint density at radius 2 is 1.97 bits per heavy atom. The zero-order valence-electron chi connectivity index (χ0n) is 19.4. The Balaban J connectivity index is 1.40. The van der Waals surface area contributed by atoms with E-state index in [1.54, 1.807) is 13.4 Å². The van der Waals surface area contributed by atoms with Gasteiger partial charge in [-0.05, 0) is 73.4 Å². The molecule has 0 saturated carbocycles. The predicted octanol–water partition coefficient (Wildman–Crippen LogP) is 5.53. The number of benzene rings is 1. The number of furan rings is 1. The molecule has 1 aromatic carbocycles. The van der Waals surface area contributed by atoms with Crippen LogP contribution in [0.5, 0.6) is 5.75 Å². The Kier molecular flexibility index (Phi) is 7.10. The predicted molar refractivity (Wildman–Crippen MR) is 124 cm³/mol. The molecule has 0 amide bonds. The first-order chi connectivity index (χ1) is 15.5. The number of ether oxygens (including phenoxy) is 1. The lowest BCUT2D eigenvalue weighted by Crippen LogP contribution is -2.34. The van der Waals surface area contributed by atoms with E-state index in [0.29, 0.717) is 35.5 Å². The topological polar surface area (TPSA) is 73.3 Å². The maximum absolute atomic E-state index is 6.01. The second kappa shape index (κ2) is 10.2. The van der Waals surface area contributed by atoms with Gasteiger partial charge in [0.1, 0.15) is 11.5 Å². The fourth-order valence-electron chi connectivity index (χ4n) is 4.68. The second-order valence-electron chi connectivity index (χ2n) is 9.06. The Labute approximate surface area is 190 Å². The van der Waals surface area contributed by atoms with Gasteiger partial charge in [0.2, 0.25) is 11.8 Å². The van der Waals surface area contributed by atoms with Crippen molar-refractivity contribution in [1.29, 1.82) is 0 Å². The number of hydrogen-bond acceptors (Lipinski definition) is 6. The normalized spacial score (nSPS) is 21.0. The molecule has 170 valence electrons. The Hall–Kier alpha value is -2.86. The van der Waals surface area contributed by atoms with E-state index in [4.69, 9.17) is 13.6 Å². The van der Waals surface area contributed by atoms with Crippen molar-refractivity contribution < 1.29 is 13.6 Å². The molecule has 2 heterocycles. The summed E-state index contributed by atoms with van der Waals surface area (Å²) >= 11 is 0. The summed E-state index contributed by atoms with van der Waals surface area (Å²) in [5, 5.41) is 12.2. The molecular weight excluding hydrogens is 402 g/mol. The van der Waals surface area contributed by atoms with Crippen LogP contribution in [0, 0.1) is 23.7 Å². The van der Waals surface area contributed by atoms with Crippen molar-refractivity contribution in [3.05, 3.63) is 66.0 Å². The molecule has 1 N–H and O–H groups in total. The number of aromatic nitrogens is 2. The van der Waals surface area contributed by atoms with E-state index in [0.717, 1.165) is 43.0 Å². The Morgan fingerprint density at radius 1 is 1.16 bits per heavy atom. The van der Waals surface area contributed by atoms with Crippen molar-refractivity contribution in [3.8, 4) is 17.2 Å². The van der Waals surface area contributed by atoms with Gasteiger partial charge in [0.25, 0.3) is 0 Å². The van der Waals surface area contributed by atoms with Crippen molar-refractivity contribution in [2.45, 2.75) is 40.2 Å². The van der Waals surface area contributed by atoms with Crippen LogP contribution in [-0.2, 0) is 13.0 Å². The number of nitrogens with zero attached hydrogens (tertiary/aromatic N) is 2. The van der Waals surface area contributed by atoms with Crippen LogP contribution < -0.4 is 10.1 Å². The number of allylic oxidation sites excluding steroid dienone is 1. The van der Waals surface area contributed by atoms with E-state index >= 15 is 0 Å². The fraction of sp³-hybridized carbons (Fsp3) is 0.462. The zero-order chi connectivity index (χ0) is 22.5. The average Bonchev–Trinajstić information content (AvgIpc) is 3.48. The van der Waals surface area contributed by atoms with Crippen molar-refractivity contribution in [3.63, 3.8) is 0 Å². The van der Waals surface area contributed by atoms with E-state index < -0.39 is 0 Å². The second-order valence-corrected chi connectivity index (χ2v) is 9.06. The molecule has 1 aliphatic carbocycles. The van der Waals surface area contributed by atoms with E-state index in [1.165, 1.54) is 5.57 Å². The van der Waals surface area contributed by atoms with Crippen molar-refractivity contribution in [2.24, 2.45) is 23.7 Å². The van der Waals surface area contributed by atoms with Crippen LogP contribution >= 0.6 is 0 Å². The van der Waals surface area contributed by atoms with Gasteiger partial charge in [-0.2, -0.15) is 0 Å². The van der Waals surface area contributed by atoms with Gasteiger partial charge in [0.05, 0.1) is 19.9 Å². The van der Waals surface area contributed by atoms with Gasteiger partial charge in [0, 0.05) is 18.5 Å². The summed E-state index contributed by atoms with van der Waals surface area (Å²) in [4.78, 5) is 0. The largest absolute Gasteiger partial charge is 0.497 e. The molecule has 0 bridgehead atoms. The quantitative estimate of drug-likeness (QED) is 0.446. The highest BCUT2D eigenvalue weighted by molar-refractivity contribution is 5.53. The summed E-state index contributed by atoms with van der Waals surface area (Å²) in [6, 6.07) is 11.6. The van der Waals surface area contributed by atoms with Crippen LogP contribution in [-0.4, -0.2) is 23.9 Å². The average molecular weight is 436 g/mol. The smallest absolute Gasteiger partial charge is 0.247 e. The molecule has 0 saturated heterocycles.